The molecule has 2 heterocycles. The number of fused-ring (bicyclic) bond motifs is 1. The van der Waals surface area contributed by atoms with Gasteiger partial charge in [-0.2, -0.15) is 0 Å². The minimum atomic E-state index is -0.785. The molecule has 108 valence electrons. The molecule has 0 saturated carbocycles. The highest BCUT2D eigenvalue weighted by Gasteiger charge is 2.42. The largest absolute Gasteiger partial charge is 0.322 e. The van der Waals surface area contributed by atoms with Gasteiger partial charge in [-0.05, 0) is 23.7 Å². The minimum absolute atomic E-state index is 0.103. The molecule has 0 spiro atoms. The van der Waals surface area contributed by atoms with Gasteiger partial charge in [-0.1, -0.05) is 6.07 Å². The van der Waals surface area contributed by atoms with E-state index in [-0.39, 0.29) is 31.0 Å². The SMILES string of the molecule is NN1C(=O)CCC(N2Cc3c(N=O)cccc3C2=O)C1=O. The van der Waals surface area contributed by atoms with Gasteiger partial charge >= 0.3 is 0 Å². The highest BCUT2D eigenvalue weighted by Crippen LogP contribution is 2.33. The van der Waals surface area contributed by atoms with Crippen LogP contribution in [0.1, 0.15) is 28.8 Å². The summed E-state index contributed by atoms with van der Waals surface area (Å²) in [6.07, 6.45) is 0.334. The Kier molecular flexibility index (Phi) is 3.02. The van der Waals surface area contributed by atoms with Crippen LogP contribution in [-0.4, -0.2) is 33.7 Å². The molecule has 2 aliphatic heterocycles. The van der Waals surface area contributed by atoms with Crippen LogP contribution >= 0.6 is 0 Å². The fraction of sp³-hybridized carbons (Fsp3) is 0.308. The molecule has 8 heteroatoms. The number of imide groups is 1. The van der Waals surface area contributed by atoms with Gasteiger partial charge in [0.1, 0.15) is 11.7 Å². The first-order valence-corrected chi connectivity index (χ1v) is 6.42. The topological polar surface area (TPSA) is 113 Å². The molecule has 8 nitrogen and oxygen atoms in total. The van der Waals surface area contributed by atoms with E-state index in [9.17, 15) is 19.3 Å². The first-order valence-electron chi connectivity index (χ1n) is 6.42. The number of nitrogens with two attached hydrogens (primary N) is 1. The number of carbonyl (C=O) groups is 3. The second-order valence-corrected chi connectivity index (χ2v) is 4.98. The number of rotatable bonds is 2. The summed E-state index contributed by atoms with van der Waals surface area (Å²) in [6, 6.07) is 3.89. The van der Waals surface area contributed by atoms with Gasteiger partial charge in [0.2, 0.25) is 5.91 Å². The Morgan fingerprint density at radius 2 is 2.00 bits per heavy atom. The molecular weight excluding hydrogens is 276 g/mol. The van der Waals surface area contributed by atoms with Crippen molar-refractivity contribution in [2.45, 2.75) is 25.4 Å². The Bertz CT molecular complexity index is 672. The van der Waals surface area contributed by atoms with Crippen molar-refractivity contribution in [1.29, 1.82) is 0 Å². The highest BCUT2D eigenvalue weighted by molar-refractivity contribution is 6.05. The summed E-state index contributed by atoms with van der Waals surface area (Å²) in [5, 5.41) is 3.46. The summed E-state index contributed by atoms with van der Waals surface area (Å²) < 4.78 is 0. The predicted octanol–water partition coefficient (Wildman–Crippen LogP) is 0.432. The molecule has 3 rings (SSSR count). The van der Waals surface area contributed by atoms with Gasteiger partial charge in [-0.25, -0.2) is 10.9 Å². The molecule has 0 radical (unpaired) electrons. The van der Waals surface area contributed by atoms with Crippen molar-refractivity contribution in [3.63, 3.8) is 0 Å². The number of carbonyl (C=O) groups excluding carboxylic acids is 3. The highest BCUT2D eigenvalue weighted by atomic mass is 16.3. The van der Waals surface area contributed by atoms with E-state index in [0.717, 1.165) is 0 Å². The third-order valence-corrected chi connectivity index (χ3v) is 3.87. The summed E-state index contributed by atoms with van der Waals surface area (Å²) >= 11 is 0. The number of hydrogen-bond acceptors (Lipinski definition) is 6. The van der Waals surface area contributed by atoms with Crippen LogP contribution in [0.5, 0.6) is 0 Å². The summed E-state index contributed by atoms with van der Waals surface area (Å²) in [7, 11) is 0. The van der Waals surface area contributed by atoms with Crippen LogP contribution < -0.4 is 5.84 Å². The molecule has 3 amide bonds. The molecular formula is C13H12N4O4. The second-order valence-electron chi connectivity index (χ2n) is 4.98. The van der Waals surface area contributed by atoms with Crippen LogP contribution in [0.4, 0.5) is 5.69 Å². The maximum absolute atomic E-state index is 12.4. The van der Waals surface area contributed by atoms with Crippen molar-refractivity contribution in [3.05, 3.63) is 34.2 Å². The molecule has 1 aromatic rings. The number of hydrazine groups is 1. The van der Waals surface area contributed by atoms with E-state index in [0.29, 0.717) is 16.1 Å². The van der Waals surface area contributed by atoms with E-state index in [1.165, 1.54) is 11.0 Å². The van der Waals surface area contributed by atoms with Gasteiger partial charge in [0.15, 0.2) is 0 Å². The molecule has 1 saturated heterocycles. The van der Waals surface area contributed by atoms with Crippen LogP contribution in [-0.2, 0) is 16.1 Å². The monoisotopic (exact) mass is 288 g/mol. The lowest BCUT2D eigenvalue weighted by Gasteiger charge is -2.33. The number of nitrogens with zero attached hydrogens (tertiary/aromatic N) is 3. The zero-order valence-electron chi connectivity index (χ0n) is 11.0. The third kappa shape index (κ3) is 1.91. The quantitative estimate of drug-likeness (QED) is 0.367. The van der Waals surface area contributed by atoms with Crippen molar-refractivity contribution in [1.82, 2.24) is 9.91 Å². The zero-order valence-corrected chi connectivity index (χ0v) is 11.0. The first-order chi connectivity index (χ1) is 10.0. The van der Waals surface area contributed by atoms with Crippen LogP contribution in [0, 0.1) is 4.91 Å². The molecule has 0 aromatic heterocycles. The number of amides is 3. The molecule has 1 atom stereocenters. The number of nitroso groups, excluding NO2 is 1. The maximum atomic E-state index is 12.4. The standard InChI is InChI=1S/C13H12N4O4/c14-17-11(18)5-4-10(13(17)20)16-6-8-7(12(16)19)2-1-3-9(8)15-21/h1-3,10H,4-6,14H2. The molecule has 1 fully saturated rings. The molecule has 0 bridgehead atoms. The van der Waals surface area contributed by atoms with Crippen LogP contribution in [0.25, 0.3) is 0 Å². The zero-order chi connectivity index (χ0) is 15.1. The van der Waals surface area contributed by atoms with Crippen LogP contribution in [0.3, 0.4) is 0 Å². The number of hydrogen-bond donors (Lipinski definition) is 1. The smallest absolute Gasteiger partial charge is 0.266 e. The summed E-state index contributed by atoms with van der Waals surface area (Å²) in [4.78, 5) is 48.0. The van der Waals surface area contributed by atoms with E-state index in [4.69, 9.17) is 5.84 Å². The lowest BCUT2D eigenvalue weighted by Crippen LogP contribution is -2.57. The second kappa shape index (κ2) is 4.74. The molecule has 1 unspecified atom stereocenters. The fourth-order valence-electron chi connectivity index (χ4n) is 2.75. The molecule has 2 N–H and O–H groups in total. The third-order valence-electron chi connectivity index (χ3n) is 3.87. The Morgan fingerprint density at radius 3 is 2.71 bits per heavy atom. The van der Waals surface area contributed by atoms with Crippen LogP contribution in [0.2, 0.25) is 0 Å². The molecule has 0 aliphatic carbocycles. The van der Waals surface area contributed by atoms with E-state index in [1.807, 2.05) is 0 Å². The van der Waals surface area contributed by atoms with Gasteiger partial charge in [-0.15, -0.1) is 4.91 Å². The van der Waals surface area contributed by atoms with E-state index >= 15 is 0 Å². The van der Waals surface area contributed by atoms with Crippen LogP contribution in [0.15, 0.2) is 23.4 Å². The van der Waals surface area contributed by atoms with Crippen molar-refractivity contribution in [3.8, 4) is 0 Å². The lowest BCUT2D eigenvalue weighted by atomic mass is 10.0. The maximum Gasteiger partial charge on any atom is 0.266 e. The van der Waals surface area contributed by atoms with Gasteiger partial charge in [0.05, 0.1) is 0 Å². The predicted molar refractivity (Wildman–Crippen MR) is 70.8 cm³/mol. The first kappa shape index (κ1) is 13.4. The van der Waals surface area contributed by atoms with Gasteiger partial charge in [-0.3, -0.25) is 14.4 Å². The van der Waals surface area contributed by atoms with E-state index < -0.39 is 17.9 Å². The Labute approximate surface area is 119 Å². The summed E-state index contributed by atoms with van der Waals surface area (Å²) in [5.74, 6) is 4.00. The summed E-state index contributed by atoms with van der Waals surface area (Å²) in [6.45, 7) is 0.120. The molecule has 1 aromatic carbocycles. The lowest BCUT2D eigenvalue weighted by molar-refractivity contribution is -0.152. The Morgan fingerprint density at radius 1 is 1.24 bits per heavy atom. The van der Waals surface area contributed by atoms with Gasteiger partial charge in [0.25, 0.3) is 11.8 Å². The van der Waals surface area contributed by atoms with Crippen molar-refractivity contribution >= 4 is 23.4 Å². The minimum Gasteiger partial charge on any atom is -0.322 e. The average Bonchev–Trinajstić information content (AvgIpc) is 2.82. The van der Waals surface area contributed by atoms with Crippen molar-refractivity contribution < 1.29 is 14.4 Å². The summed E-state index contributed by atoms with van der Waals surface area (Å²) in [5.41, 5.74) is 1.05. The average molecular weight is 288 g/mol. The van der Waals surface area contributed by atoms with Crippen molar-refractivity contribution in [2.75, 3.05) is 0 Å². The molecule has 2 aliphatic rings. The molecule has 21 heavy (non-hydrogen) atoms. The van der Waals surface area contributed by atoms with Crippen molar-refractivity contribution in [2.24, 2.45) is 11.0 Å². The van der Waals surface area contributed by atoms with Gasteiger partial charge < -0.3 is 4.90 Å². The Hall–Kier alpha value is -2.61. The normalized spacial score (nSPS) is 21.8. The number of piperidine rings is 1. The van der Waals surface area contributed by atoms with E-state index in [1.54, 1.807) is 12.1 Å². The number of benzene rings is 1. The Balaban J connectivity index is 1.93. The fourth-order valence-corrected chi connectivity index (χ4v) is 2.75. The van der Waals surface area contributed by atoms with Gasteiger partial charge in [0, 0.05) is 24.1 Å². The van der Waals surface area contributed by atoms with E-state index in [2.05, 4.69) is 5.18 Å².